The Morgan fingerprint density at radius 3 is 2.71 bits per heavy atom. The molecule has 1 aromatic rings. The lowest BCUT2D eigenvalue weighted by atomic mass is 10.2. The van der Waals surface area contributed by atoms with Crippen molar-refractivity contribution in [1.29, 1.82) is 0 Å². The first-order chi connectivity index (χ1) is 10.0. The van der Waals surface area contributed by atoms with Gasteiger partial charge in [0.05, 0.1) is 4.90 Å². The van der Waals surface area contributed by atoms with Crippen molar-refractivity contribution in [2.24, 2.45) is 0 Å². The average Bonchev–Trinajstić information content (AvgIpc) is 3.28. The van der Waals surface area contributed by atoms with E-state index in [1.807, 2.05) is 0 Å². The number of amides is 1. The van der Waals surface area contributed by atoms with Crippen LogP contribution in [0, 0.1) is 0 Å². The second-order valence-electron chi connectivity index (χ2n) is 5.38. The minimum absolute atomic E-state index is 0.141. The molecule has 1 fully saturated rings. The van der Waals surface area contributed by atoms with Gasteiger partial charge in [-0.05, 0) is 37.5 Å². The molecule has 1 aliphatic rings. The van der Waals surface area contributed by atoms with Crippen molar-refractivity contribution in [1.82, 2.24) is 10.0 Å². The van der Waals surface area contributed by atoms with E-state index < -0.39 is 10.0 Å². The van der Waals surface area contributed by atoms with Crippen molar-refractivity contribution in [3.8, 4) is 0 Å². The molecule has 0 unspecified atom stereocenters. The van der Waals surface area contributed by atoms with Gasteiger partial charge in [-0.25, -0.2) is 13.1 Å². The Morgan fingerprint density at radius 1 is 1.29 bits per heavy atom. The zero-order valence-electron chi connectivity index (χ0n) is 12.3. The molecule has 5 nitrogen and oxygen atoms in total. The van der Waals surface area contributed by atoms with Crippen LogP contribution in [-0.4, -0.2) is 26.9 Å². The van der Waals surface area contributed by atoms with E-state index in [1.54, 1.807) is 12.1 Å². The summed E-state index contributed by atoms with van der Waals surface area (Å²) < 4.78 is 26.9. The summed E-state index contributed by atoms with van der Waals surface area (Å²) in [5.74, 6) is -0.208. The minimum Gasteiger partial charge on any atom is -0.349 e. The first-order valence-electron chi connectivity index (χ1n) is 7.43. The van der Waals surface area contributed by atoms with Gasteiger partial charge < -0.3 is 5.32 Å². The summed E-state index contributed by atoms with van der Waals surface area (Å²) in [6, 6.07) is 6.43. The van der Waals surface area contributed by atoms with E-state index in [0.717, 1.165) is 32.1 Å². The molecule has 1 amide bonds. The van der Waals surface area contributed by atoms with Crippen molar-refractivity contribution in [2.75, 3.05) is 6.54 Å². The third kappa shape index (κ3) is 4.82. The van der Waals surface area contributed by atoms with Crippen LogP contribution in [0.5, 0.6) is 0 Å². The molecular weight excluding hydrogens is 288 g/mol. The van der Waals surface area contributed by atoms with Crippen LogP contribution in [0.25, 0.3) is 0 Å². The number of sulfonamides is 1. The molecule has 0 atom stereocenters. The largest absolute Gasteiger partial charge is 0.349 e. The highest BCUT2D eigenvalue weighted by molar-refractivity contribution is 7.89. The summed E-state index contributed by atoms with van der Waals surface area (Å²) in [6.07, 6.45) is 4.86. The predicted octanol–water partition coefficient (Wildman–Crippen LogP) is 2.05. The molecule has 6 heteroatoms. The van der Waals surface area contributed by atoms with Crippen molar-refractivity contribution in [3.05, 3.63) is 29.8 Å². The van der Waals surface area contributed by atoms with Crippen LogP contribution in [0.2, 0.25) is 0 Å². The summed E-state index contributed by atoms with van der Waals surface area (Å²) in [7, 11) is -3.54. The van der Waals surface area contributed by atoms with Gasteiger partial charge in [0, 0.05) is 18.2 Å². The van der Waals surface area contributed by atoms with Gasteiger partial charge in [-0.15, -0.1) is 0 Å². The van der Waals surface area contributed by atoms with Crippen LogP contribution in [0.1, 0.15) is 49.4 Å². The highest BCUT2D eigenvalue weighted by atomic mass is 32.2. The highest BCUT2D eigenvalue weighted by Gasteiger charge is 2.24. The van der Waals surface area contributed by atoms with E-state index >= 15 is 0 Å². The SMILES string of the molecule is CCCCCNS(=O)(=O)c1cccc(C(=O)NC2CC2)c1. The molecule has 0 heterocycles. The quantitative estimate of drug-likeness (QED) is 0.722. The maximum atomic E-state index is 12.2. The van der Waals surface area contributed by atoms with Gasteiger partial charge >= 0.3 is 0 Å². The van der Waals surface area contributed by atoms with E-state index in [9.17, 15) is 13.2 Å². The number of carbonyl (C=O) groups excluding carboxylic acids is 1. The van der Waals surface area contributed by atoms with Gasteiger partial charge in [0.15, 0.2) is 0 Å². The Hall–Kier alpha value is -1.40. The maximum absolute atomic E-state index is 12.2. The first-order valence-corrected chi connectivity index (χ1v) is 8.92. The van der Waals surface area contributed by atoms with Crippen LogP contribution < -0.4 is 10.0 Å². The number of benzene rings is 1. The zero-order chi connectivity index (χ0) is 15.3. The lowest BCUT2D eigenvalue weighted by molar-refractivity contribution is 0.0951. The van der Waals surface area contributed by atoms with Gasteiger partial charge in [0.2, 0.25) is 10.0 Å². The van der Waals surface area contributed by atoms with Crippen molar-refractivity contribution < 1.29 is 13.2 Å². The molecule has 1 saturated carbocycles. The van der Waals surface area contributed by atoms with E-state index in [1.165, 1.54) is 12.1 Å². The monoisotopic (exact) mass is 310 g/mol. The standard InChI is InChI=1S/C15H22N2O3S/c1-2-3-4-10-16-21(19,20)14-7-5-6-12(11-14)15(18)17-13-8-9-13/h5-7,11,13,16H,2-4,8-10H2,1H3,(H,17,18). The molecular formula is C15H22N2O3S. The third-order valence-corrected chi connectivity index (χ3v) is 4.85. The van der Waals surface area contributed by atoms with E-state index in [2.05, 4.69) is 17.0 Å². The fraction of sp³-hybridized carbons (Fsp3) is 0.533. The Morgan fingerprint density at radius 2 is 2.05 bits per heavy atom. The van der Waals surface area contributed by atoms with E-state index in [-0.39, 0.29) is 16.8 Å². The van der Waals surface area contributed by atoms with Gasteiger partial charge in [0.25, 0.3) is 5.91 Å². The molecule has 1 aromatic carbocycles. The topological polar surface area (TPSA) is 75.3 Å². The van der Waals surface area contributed by atoms with Gasteiger partial charge in [-0.2, -0.15) is 0 Å². The number of nitrogens with one attached hydrogen (secondary N) is 2. The summed E-state index contributed by atoms with van der Waals surface area (Å²) in [5.41, 5.74) is 0.387. The molecule has 0 radical (unpaired) electrons. The summed E-state index contributed by atoms with van der Waals surface area (Å²) in [4.78, 5) is 12.1. The van der Waals surface area contributed by atoms with Crippen molar-refractivity contribution >= 4 is 15.9 Å². The molecule has 0 spiro atoms. The van der Waals surface area contributed by atoms with Crippen LogP contribution in [0.4, 0.5) is 0 Å². The second kappa shape index (κ2) is 7.04. The van der Waals surface area contributed by atoms with E-state index in [0.29, 0.717) is 12.1 Å². The maximum Gasteiger partial charge on any atom is 0.251 e. The molecule has 0 aliphatic heterocycles. The Kier molecular flexibility index (Phi) is 5.36. The van der Waals surface area contributed by atoms with Crippen molar-refractivity contribution in [3.63, 3.8) is 0 Å². The van der Waals surface area contributed by atoms with Gasteiger partial charge in [-0.1, -0.05) is 25.8 Å². The lowest BCUT2D eigenvalue weighted by Crippen LogP contribution is -2.27. The normalized spacial score (nSPS) is 14.9. The minimum atomic E-state index is -3.54. The molecule has 1 aliphatic carbocycles. The number of rotatable bonds is 8. The fourth-order valence-electron chi connectivity index (χ4n) is 1.97. The summed E-state index contributed by atoms with van der Waals surface area (Å²) in [5, 5.41) is 2.85. The molecule has 0 saturated heterocycles. The molecule has 0 aromatic heterocycles. The van der Waals surface area contributed by atoms with Crippen molar-refractivity contribution in [2.45, 2.75) is 50.0 Å². The second-order valence-corrected chi connectivity index (χ2v) is 7.15. The van der Waals surface area contributed by atoms with Gasteiger partial charge in [-0.3, -0.25) is 4.79 Å². The summed E-state index contributed by atoms with van der Waals surface area (Å²) >= 11 is 0. The predicted molar refractivity (Wildman–Crippen MR) is 81.6 cm³/mol. The number of unbranched alkanes of at least 4 members (excludes halogenated alkanes) is 2. The number of hydrogen-bond donors (Lipinski definition) is 2. The number of carbonyl (C=O) groups is 1. The Balaban J connectivity index is 2.02. The third-order valence-electron chi connectivity index (χ3n) is 3.39. The molecule has 0 bridgehead atoms. The van der Waals surface area contributed by atoms with Gasteiger partial charge in [0.1, 0.15) is 0 Å². The van der Waals surface area contributed by atoms with Crippen LogP contribution in [0.15, 0.2) is 29.2 Å². The number of hydrogen-bond acceptors (Lipinski definition) is 3. The molecule has 21 heavy (non-hydrogen) atoms. The lowest BCUT2D eigenvalue weighted by Gasteiger charge is -2.08. The Labute approximate surface area is 126 Å². The first kappa shape index (κ1) is 16.0. The van der Waals surface area contributed by atoms with E-state index in [4.69, 9.17) is 0 Å². The summed E-state index contributed by atoms with van der Waals surface area (Å²) in [6.45, 7) is 2.49. The Bertz CT molecular complexity index is 595. The van der Waals surface area contributed by atoms with Crippen LogP contribution >= 0.6 is 0 Å². The smallest absolute Gasteiger partial charge is 0.251 e. The van der Waals surface area contributed by atoms with Crippen LogP contribution in [0.3, 0.4) is 0 Å². The average molecular weight is 310 g/mol. The molecule has 2 rings (SSSR count). The fourth-order valence-corrected chi connectivity index (χ4v) is 3.09. The molecule has 116 valence electrons. The zero-order valence-corrected chi connectivity index (χ0v) is 13.1. The molecule has 2 N–H and O–H groups in total. The van der Waals surface area contributed by atoms with Crippen LogP contribution in [-0.2, 0) is 10.0 Å². The highest BCUT2D eigenvalue weighted by Crippen LogP contribution is 2.20.